The monoisotopic (exact) mass is 240 g/mol. The highest BCUT2D eigenvalue weighted by Gasteiger charge is 2.06. The van der Waals surface area contributed by atoms with Crippen LogP contribution in [0.3, 0.4) is 0 Å². The van der Waals surface area contributed by atoms with Crippen molar-refractivity contribution in [2.24, 2.45) is 0 Å². The summed E-state index contributed by atoms with van der Waals surface area (Å²) in [6, 6.07) is 16.8. The van der Waals surface area contributed by atoms with E-state index in [-0.39, 0.29) is 0 Å². The SMILES string of the molecule is CCN(Cc1ccccc1)c1ccc(C)c(N)c1. The molecule has 0 fully saturated rings. The molecule has 0 saturated carbocycles. The van der Waals surface area contributed by atoms with Gasteiger partial charge in [0.2, 0.25) is 0 Å². The molecule has 0 bridgehead atoms. The van der Waals surface area contributed by atoms with Crippen molar-refractivity contribution < 1.29 is 0 Å². The average molecular weight is 240 g/mol. The molecule has 0 aromatic heterocycles. The first-order valence-electron chi connectivity index (χ1n) is 6.35. The molecule has 2 N–H and O–H groups in total. The summed E-state index contributed by atoms with van der Waals surface area (Å²) in [7, 11) is 0. The van der Waals surface area contributed by atoms with Gasteiger partial charge in [0, 0.05) is 24.5 Å². The minimum Gasteiger partial charge on any atom is -0.398 e. The maximum atomic E-state index is 5.98. The molecular formula is C16H20N2. The van der Waals surface area contributed by atoms with Crippen LogP contribution in [0.4, 0.5) is 11.4 Å². The molecule has 18 heavy (non-hydrogen) atoms. The van der Waals surface area contributed by atoms with Crippen LogP contribution in [0, 0.1) is 6.92 Å². The molecule has 0 heterocycles. The molecule has 2 aromatic rings. The largest absolute Gasteiger partial charge is 0.398 e. The van der Waals surface area contributed by atoms with Gasteiger partial charge in [-0.15, -0.1) is 0 Å². The van der Waals surface area contributed by atoms with Crippen LogP contribution in [0.2, 0.25) is 0 Å². The predicted octanol–water partition coefficient (Wildman–Crippen LogP) is 3.60. The Hall–Kier alpha value is -1.96. The van der Waals surface area contributed by atoms with Gasteiger partial charge in [0.15, 0.2) is 0 Å². The molecule has 94 valence electrons. The van der Waals surface area contributed by atoms with Crippen molar-refractivity contribution in [2.75, 3.05) is 17.2 Å². The molecule has 2 aromatic carbocycles. The maximum absolute atomic E-state index is 5.98. The summed E-state index contributed by atoms with van der Waals surface area (Å²) < 4.78 is 0. The minimum absolute atomic E-state index is 0.860. The lowest BCUT2D eigenvalue weighted by atomic mass is 10.1. The van der Waals surface area contributed by atoms with Crippen LogP contribution in [-0.2, 0) is 6.54 Å². The topological polar surface area (TPSA) is 29.3 Å². The summed E-state index contributed by atoms with van der Waals surface area (Å²) in [5.74, 6) is 0. The van der Waals surface area contributed by atoms with E-state index in [1.54, 1.807) is 0 Å². The van der Waals surface area contributed by atoms with Gasteiger partial charge in [-0.3, -0.25) is 0 Å². The average Bonchev–Trinajstić information content (AvgIpc) is 2.40. The molecule has 0 unspecified atom stereocenters. The van der Waals surface area contributed by atoms with Gasteiger partial charge in [-0.2, -0.15) is 0 Å². The van der Waals surface area contributed by atoms with E-state index in [2.05, 4.69) is 54.3 Å². The second-order valence-electron chi connectivity index (χ2n) is 4.54. The highest BCUT2D eigenvalue weighted by atomic mass is 15.1. The van der Waals surface area contributed by atoms with Gasteiger partial charge in [0.1, 0.15) is 0 Å². The Morgan fingerprint density at radius 3 is 2.39 bits per heavy atom. The van der Waals surface area contributed by atoms with Crippen LogP contribution in [0.5, 0.6) is 0 Å². The lowest BCUT2D eigenvalue weighted by molar-refractivity contribution is 0.832. The fourth-order valence-electron chi connectivity index (χ4n) is 2.01. The van der Waals surface area contributed by atoms with Crippen molar-refractivity contribution in [1.82, 2.24) is 0 Å². The van der Waals surface area contributed by atoms with E-state index in [4.69, 9.17) is 5.73 Å². The Morgan fingerprint density at radius 2 is 1.78 bits per heavy atom. The fourth-order valence-corrected chi connectivity index (χ4v) is 2.01. The number of nitrogens with two attached hydrogens (primary N) is 1. The first kappa shape index (κ1) is 12.5. The standard InChI is InChI=1S/C16H20N2/c1-3-18(12-14-7-5-4-6-8-14)15-10-9-13(2)16(17)11-15/h4-11H,3,12,17H2,1-2H3. The van der Waals surface area contributed by atoms with Gasteiger partial charge in [-0.25, -0.2) is 0 Å². The Kier molecular flexibility index (Phi) is 3.88. The van der Waals surface area contributed by atoms with Crippen molar-refractivity contribution in [2.45, 2.75) is 20.4 Å². The number of rotatable bonds is 4. The summed E-state index contributed by atoms with van der Waals surface area (Å²) in [6.45, 7) is 6.09. The van der Waals surface area contributed by atoms with Gasteiger partial charge in [-0.05, 0) is 37.1 Å². The van der Waals surface area contributed by atoms with E-state index in [0.717, 1.165) is 24.3 Å². The number of benzene rings is 2. The predicted molar refractivity (Wildman–Crippen MR) is 78.8 cm³/mol. The lowest BCUT2D eigenvalue weighted by Gasteiger charge is -2.24. The number of anilines is 2. The van der Waals surface area contributed by atoms with E-state index in [1.165, 1.54) is 11.3 Å². The zero-order chi connectivity index (χ0) is 13.0. The second kappa shape index (κ2) is 5.58. The molecule has 0 aliphatic carbocycles. The minimum atomic E-state index is 0.860. The van der Waals surface area contributed by atoms with Crippen molar-refractivity contribution >= 4 is 11.4 Å². The Morgan fingerprint density at radius 1 is 1.06 bits per heavy atom. The van der Waals surface area contributed by atoms with Crippen LogP contribution in [0.1, 0.15) is 18.1 Å². The number of nitrogen functional groups attached to an aromatic ring is 1. The van der Waals surface area contributed by atoms with E-state index >= 15 is 0 Å². The number of hydrogen-bond donors (Lipinski definition) is 1. The summed E-state index contributed by atoms with van der Waals surface area (Å²) in [5.41, 5.74) is 10.5. The third-order valence-electron chi connectivity index (χ3n) is 3.23. The van der Waals surface area contributed by atoms with Gasteiger partial charge >= 0.3 is 0 Å². The molecule has 0 aliphatic rings. The van der Waals surface area contributed by atoms with E-state index in [0.29, 0.717) is 0 Å². The summed E-state index contributed by atoms with van der Waals surface area (Å²) in [6.07, 6.45) is 0. The van der Waals surface area contributed by atoms with Crippen LogP contribution in [0.25, 0.3) is 0 Å². The van der Waals surface area contributed by atoms with E-state index < -0.39 is 0 Å². The molecule has 0 atom stereocenters. The maximum Gasteiger partial charge on any atom is 0.0429 e. The highest BCUT2D eigenvalue weighted by molar-refractivity contribution is 5.59. The van der Waals surface area contributed by atoms with Crippen LogP contribution >= 0.6 is 0 Å². The van der Waals surface area contributed by atoms with Gasteiger partial charge in [0.25, 0.3) is 0 Å². The van der Waals surface area contributed by atoms with E-state index in [9.17, 15) is 0 Å². The molecule has 0 spiro atoms. The van der Waals surface area contributed by atoms with Crippen molar-refractivity contribution in [3.8, 4) is 0 Å². The first-order valence-corrected chi connectivity index (χ1v) is 6.35. The molecule has 0 aliphatic heterocycles. The van der Waals surface area contributed by atoms with Gasteiger partial charge < -0.3 is 10.6 Å². The zero-order valence-corrected chi connectivity index (χ0v) is 11.1. The molecule has 0 saturated heterocycles. The Bertz CT molecular complexity index is 506. The fraction of sp³-hybridized carbons (Fsp3) is 0.250. The molecule has 0 amide bonds. The number of aryl methyl sites for hydroxylation is 1. The Labute approximate surface area is 109 Å². The summed E-state index contributed by atoms with van der Waals surface area (Å²) in [4.78, 5) is 2.32. The van der Waals surface area contributed by atoms with Crippen LogP contribution in [0.15, 0.2) is 48.5 Å². The molecular weight excluding hydrogens is 220 g/mol. The smallest absolute Gasteiger partial charge is 0.0429 e. The first-order chi connectivity index (χ1) is 8.70. The summed E-state index contributed by atoms with van der Waals surface area (Å²) >= 11 is 0. The Balaban J connectivity index is 2.20. The summed E-state index contributed by atoms with van der Waals surface area (Å²) in [5, 5.41) is 0. The number of nitrogens with zero attached hydrogens (tertiary/aromatic N) is 1. The van der Waals surface area contributed by atoms with Crippen LogP contribution in [-0.4, -0.2) is 6.54 Å². The second-order valence-corrected chi connectivity index (χ2v) is 4.54. The zero-order valence-electron chi connectivity index (χ0n) is 11.1. The third kappa shape index (κ3) is 2.83. The number of hydrogen-bond acceptors (Lipinski definition) is 2. The van der Waals surface area contributed by atoms with Gasteiger partial charge in [-0.1, -0.05) is 36.4 Å². The lowest BCUT2D eigenvalue weighted by Crippen LogP contribution is -2.22. The molecule has 2 nitrogen and oxygen atoms in total. The molecule has 0 radical (unpaired) electrons. The van der Waals surface area contributed by atoms with Gasteiger partial charge in [0.05, 0.1) is 0 Å². The third-order valence-corrected chi connectivity index (χ3v) is 3.23. The van der Waals surface area contributed by atoms with Crippen molar-refractivity contribution in [3.05, 3.63) is 59.7 Å². The highest BCUT2D eigenvalue weighted by Crippen LogP contribution is 2.22. The molecule has 2 rings (SSSR count). The normalized spacial score (nSPS) is 10.3. The van der Waals surface area contributed by atoms with Crippen molar-refractivity contribution in [1.29, 1.82) is 0 Å². The van der Waals surface area contributed by atoms with Crippen molar-refractivity contribution in [3.63, 3.8) is 0 Å². The molecule has 2 heteroatoms. The van der Waals surface area contributed by atoms with Crippen LogP contribution < -0.4 is 10.6 Å². The van der Waals surface area contributed by atoms with E-state index in [1.807, 2.05) is 13.0 Å². The quantitative estimate of drug-likeness (QED) is 0.827.